The van der Waals surface area contributed by atoms with Gasteiger partial charge in [-0.15, -0.1) is 5.10 Å². The molecule has 86 valence electrons. The lowest BCUT2D eigenvalue weighted by atomic mass is 10.3. The molecular weight excluding hydrogens is 284 g/mol. The number of methoxy groups -OCH3 is 1. The van der Waals surface area contributed by atoms with E-state index >= 15 is 0 Å². The summed E-state index contributed by atoms with van der Waals surface area (Å²) in [5, 5.41) is 16.7. The van der Waals surface area contributed by atoms with Crippen LogP contribution in [0.2, 0.25) is 0 Å². The van der Waals surface area contributed by atoms with Crippen molar-refractivity contribution in [1.29, 1.82) is 5.26 Å². The van der Waals surface area contributed by atoms with Crippen molar-refractivity contribution in [3.8, 4) is 11.8 Å². The predicted octanol–water partition coefficient (Wildman–Crippen LogP) is 2.05. The molecule has 0 spiro atoms. The van der Waals surface area contributed by atoms with Crippen molar-refractivity contribution in [3.05, 3.63) is 40.1 Å². The molecule has 0 amide bonds. The molecule has 2 aromatic rings. The molecule has 0 unspecified atom stereocenters. The lowest BCUT2D eigenvalue weighted by molar-refractivity contribution is 0.179. The fourth-order valence-electron chi connectivity index (χ4n) is 1.44. The maximum Gasteiger partial charge on any atom is 0.188 e. The Morgan fingerprint density at radius 3 is 2.71 bits per heavy atom. The molecule has 0 aliphatic rings. The minimum atomic E-state index is 0.287. The zero-order valence-electron chi connectivity index (χ0n) is 9.09. The third-order valence-corrected chi connectivity index (χ3v) is 2.75. The molecule has 1 aromatic heterocycles. The largest absolute Gasteiger partial charge is 0.378 e. The van der Waals surface area contributed by atoms with Crippen LogP contribution >= 0.6 is 15.9 Å². The second-order valence-electron chi connectivity index (χ2n) is 3.32. The lowest BCUT2D eigenvalue weighted by Gasteiger charge is -2.05. The highest BCUT2D eigenvalue weighted by Gasteiger charge is 2.13. The number of rotatable bonds is 3. The minimum absolute atomic E-state index is 0.287. The van der Waals surface area contributed by atoms with Gasteiger partial charge in [0.15, 0.2) is 5.69 Å². The number of ether oxygens (including phenoxy) is 1. The normalized spacial score (nSPS) is 10.2. The van der Waals surface area contributed by atoms with Crippen molar-refractivity contribution in [2.75, 3.05) is 7.11 Å². The first kappa shape index (κ1) is 11.8. The molecule has 0 saturated heterocycles. The highest BCUT2D eigenvalue weighted by Crippen LogP contribution is 2.16. The van der Waals surface area contributed by atoms with Gasteiger partial charge in [0, 0.05) is 11.6 Å². The second-order valence-corrected chi connectivity index (χ2v) is 4.23. The first-order valence-corrected chi connectivity index (χ1v) is 5.65. The number of hydrogen-bond acceptors (Lipinski definition) is 4. The molecule has 5 nitrogen and oxygen atoms in total. The summed E-state index contributed by atoms with van der Waals surface area (Å²) in [6, 6.07) is 9.58. The first-order valence-electron chi connectivity index (χ1n) is 4.86. The van der Waals surface area contributed by atoms with E-state index in [1.54, 1.807) is 11.8 Å². The van der Waals surface area contributed by atoms with Crippen LogP contribution in [-0.2, 0) is 11.3 Å². The number of aromatic nitrogens is 3. The molecule has 0 aliphatic carbocycles. The van der Waals surface area contributed by atoms with Gasteiger partial charge in [-0.05, 0) is 24.3 Å². The molecule has 0 bridgehead atoms. The van der Waals surface area contributed by atoms with Gasteiger partial charge in [0.25, 0.3) is 0 Å². The topological polar surface area (TPSA) is 63.7 Å². The van der Waals surface area contributed by atoms with E-state index in [1.807, 2.05) is 30.3 Å². The Hall–Kier alpha value is -1.71. The Kier molecular flexibility index (Phi) is 3.52. The van der Waals surface area contributed by atoms with Crippen LogP contribution in [0.4, 0.5) is 0 Å². The van der Waals surface area contributed by atoms with Crippen molar-refractivity contribution >= 4 is 15.9 Å². The molecule has 0 aliphatic heterocycles. The van der Waals surface area contributed by atoms with Gasteiger partial charge < -0.3 is 4.74 Å². The summed E-state index contributed by atoms with van der Waals surface area (Å²) in [7, 11) is 1.57. The molecule has 0 atom stereocenters. The molecule has 1 aromatic carbocycles. The number of halogens is 1. The monoisotopic (exact) mass is 292 g/mol. The quantitative estimate of drug-likeness (QED) is 0.868. The highest BCUT2D eigenvalue weighted by atomic mass is 79.9. The average molecular weight is 293 g/mol. The Morgan fingerprint density at radius 2 is 2.12 bits per heavy atom. The molecule has 17 heavy (non-hydrogen) atoms. The molecule has 0 radical (unpaired) electrons. The molecule has 1 heterocycles. The zero-order chi connectivity index (χ0) is 12.3. The molecule has 6 heteroatoms. The minimum Gasteiger partial charge on any atom is -0.378 e. The Morgan fingerprint density at radius 1 is 1.41 bits per heavy atom. The third kappa shape index (κ3) is 2.35. The molecular formula is C11H9BrN4O. The zero-order valence-corrected chi connectivity index (χ0v) is 10.7. The fourth-order valence-corrected chi connectivity index (χ4v) is 1.71. The highest BCUT2D eigenvalue weighted by molar-refractivity contribution is 9.10. The van der Waals surface area contributed by atoms with Crippen LogP contribution in [0.1, 0.15) is 11.4 Å². The standard InChI is InChI=1S/C11H9BrN4O/c1-17-7-11-10(6-13)14-15-16(11)9-4-2-8(12)3-5-9/h2-5H,7H2,1H3. The summed E-state index contributed by atoms with van der Waals surface area (Å²) < 4.78 is 7.64. The van der Waals surface area contributed by atoms with Crippen LogP contribution in [0.3, 0.4) is 0 Å². The van der Waals surface area contributed by atoms with Crippen LogP contribution in [0.15, 0.2) is 28.7 Å². The lowest BCUT2D eigenvalue weighted by Crippen LogP contribution is -2.04. The van der Waals surface area contributed by atoms with Gasteiger partial charge in [-0.25, -0.2) is 4.68 Å². The van der Waals surface area contributed by atoms with E-state index in [0.717, 1.165) is 10.2 Å². The summed E-state index contributed by atoms with van der Waals surface area (Å²) in [5.41, 5.74) is 1.78. The Bertz CT molecular complexity index is 556. The van der Waals surface area contributed by atoms with Gasteiger partial charge in [0.1, 0.15) is 11.8 Å². The van der Waals surface area contributed by atoms with Gasteiger partial charge in [0.2, 0.25) is 0 Å². The first-order chi connectivity index (χ1) is 8.26. The SMILES string of the molecule is COCc1c(C#N)nnn1-c1ccc(Br)cc1. The van der Waals surface area contributed by atoms with Gasteiger partial charge in [0.05, 0.1) is 12.3 Å². The van der Waals surface area contributed by atoms with Gasteiger partial charge in [-0.1, -0.05) is 21.1 Å². The summed E-state index contributed by atoms with van der Waals surface area (Å²) in [4.78, 5) is 0. The smallest absolute Gasteiger partial charge is 0.188 e. The van der Waals surface area contributed by atoms with E-state index in [4.69, 9.17) is 10.00 Å². The van der Waals surface area contributed by atoms with E-state index in [1.165, 1.54) is 0 Å². The third-order valence-electron chi connectivity index (χ3n) is 2.22. The number of hydrogen-bond donors (Lipinski definition) is 0. The van der Waals surface area contributed by atoms with Gasteiger partial charge >= 0.3 is 0 Å². The Labute approximate surface area is 107 Å². The Balaban J connectivity index is 2.48. The van der Waals surface area contributed by atoms with Crippen LogP contribution in [0, 0.1) is 11.3 Å². The summed E-state index contributed by atoms with van der Waals surface area (Å²) in [6.45, 7) is 0.298. The second kappa shape index (κ2) is 5.08. The van der Waals surface area contributed by atoms with Crippen LogP contribution < -0.4 is 0 Å². The van der Waals surface area contributed by atoms with E-state index < -0.39 is 0 Å². The van der Waals surface area contributed by atoms with E-state index in [2.05, 4.69) is 26.2 Å². The summed E-state index contributed by atoms with van der Waals surface area (Å²) in [6.07, 6.45) is 0. The number of benzene rings is 1. The number of nitrogens with zero attached hydrogens (tertiary/aromatic N) is 4. The van der Waals surface area contributed by atoms with E-state index in [0.29, 0.717) is 12.3 Å². The maximum absolute atomic E-state index is 8.92. The van der Waals surface area contributed by atoms with E-state index in [9.17, 15) is 0 Å². The van der Waals surface area contributed by atoms with Crippen LogP contribution in [0.25, 0.3) is 5.69 Å². The predicted molar refractivity (Wildman–Crippen MR) is 64.5 cm³/mol. The van der Waals surface area contributed by atoms with Gasteiger partial charge in [-0.2, -0.15) is 5.26 Å². The number of nitriles is 1. The van der Waals surface area contributed by atoms with Crippen molar-refractivity contribution in [1.82, 2.24) is 15.0 Å². The molecule has 0 saturated carbocycles. The van der Waals surface area contributed by atoms with Crippen LogP contribution in [0.5, 0.6) is 0 Å². The maximum atomic E-state index is 8.92. The fraction of sp³-hybridized carbons (Fsp3) is 0.182. The van der Waals surface area contributed by atoms with Crippen LogP contribution in [-0.4, -0.2) is 22.1 Å². The molecule has 0 N–H and O–H groups in total. The summed E-state index contributed by atoms with van der Waals surface area (Å²) in [5.74, 6) is 0. The van der Waals surface area contributed by atoms with E-state index in [-0.39, 0.29) is 5.69 Å². The molecule has 2 rings (SSSR count). The summed E-state index contributed by atoms with van der Waals surface area (Å²) >= 11 is 3.36. The average Bonchev–Trinajstić information content (AvgIpc) is 2.74. The van der Waals surface area contributed by atoms with Crippen molar-refractivity contribution in [3.63, 3.8) is 0 Å². The van der Waals surface area contributed by atoms with Crippen molar-refractivity contribution in [2.45, 2.75) is 6.61 Å². The van der Waals surface area contributed by atoms with Gasteiger partial charge in [-0.3, -0.25) is 0 Å². The van der Waals surface area contributed by atoms with Crippen molar-refractivity contribution in [2.24, 2.45) is 0 Å². The molecule has 0 fully saturated rings. The van der Waals surface area contributed by atoms with Crippen molar-refractivity contribution < 1.29 is 4.74 Å².